The standard InChI is InChI=1S/C22H20N2O4S/c25-21(26)13-12-19(20-7-4-14-29-20)23-24-22(27)17-10-8-16(9-11-17)15-28-18-5-2-1-3-6-18/h1-11,14H,12-13,15H2,(H,24,27)(H,25,26). The number of nitrogens with one attached hydrogen (secondary N) is 1. The van der Waals surface area contributed by atoms with Crippen molar-refractivity contribution in [3.8, 4) is 5.75 Å². The number of thiophene rings is 1. The first-order valence-corrected chi connectivity index (χ1v) is 9.89. The van der Waals surface area contributed by atoms with E-state index in [4.69, 9.17) is 9.84 Å². The van der Waals surface area contributed by atoms with Crippen LogP contribution in [0.15, 0.2) is 77.2 Å². The van der Waals surface area contributed by atoms with E-state index in [1.54, 1.807) is 12.1 Å². The topological polar surface area (TPSA) is 88.0 Å². The second-order valence-electron chi connectivity index (χ2n) is 6.17. The molecule has 1 aromatic heterocycles. The number of hydrogen-bond acceptors (Lipinski definition) is 5. The van der Waals surface area contributed by atoms with Crippen molar-refractivity contribution < 1.29 is 19.4 Å². The van der Waals surface area contributed by atoms with Crippen LogP contribution in [-0.2, 0) is 11.4 Å². The van der Waals surface area contributed by atoms with Crippen molar-refractivity contribution in [3.05, 3.63) is 88.1 Å². The van der Waals surface area contributed by atoms with Gasteiger partial charge in [0.1, 0.15) is 12.4 Å². The van der Waals surface area contributed by atoms with Gasteiger partial charge in [0.05, 0.1) is 17.0 Å². The van der Waals surface area contributed by atoms with Crippen molar-refractivity contribution in [1.29, 1.82) is 0 Å². The van der Waals surface area contributed by atoms with Gasteiger partial charge in [-0.2, -0.15) is 5.10 Å². The second-order valence-corrected chi connectivity index (χ2v) is 7.12. The summed E-state index contributed by atoms with van der Waals surface area (Å²) in [6, 6.07) is 20.3. The summed E-state index contributed by atoms with van der Waals surface area (Å²) in [4.78, 5) is 24.1. The predicted molar refractivity (Wildman–Crippen MR) is 112 cm³/mol. The first-order valence-electron chi connectivity index (χ1n) is 9.01. The Hall–Kier alpha value is -3.45. The molecule has 29 heavy (non-hydrogen) atoms. The van der Waals surface area contributed by atoms with Crippen LogP contribution in [0.4, 0.5) is 0 Å². The van der Waals surface area contributed by atoms with Gasteiger partial charge in [-0.3, -0.25) is 9.59 Å². The van der Waals surface area contributed by atoms with Gasteiger partial charge in [0.25, 0.3) is 5.91 Å². The zero-order valence-electron chi connectivity index (χ0n) is 15.6. The Bertz CT molecular complexity index is 968. The van der Waals surface area contributed by atoms with E-state index in [0.29, 0.717) is 17.9 Å². The van der Waals surface area contributed by atoms with Gasteiger partial charge in [0.15, 0.2) is 0 Å². The van der Waals surface area contributed by atoms with Gasteiger partial charge in [0.2, 0.25) is 0 Å². The van der Waals surface area contributed by atoms with Crippen LogP contribution in [0.1, 0.15) is 33.6 Å². The van der Waals surface area contributed by atoms with Gasteiger partial charge in [-0.1, -0.05) is 36.4 Å². The van der Waals surface area contributed by atoms with E-state index in [9.17, 15) is 9.59 Å². The van der Waals surface area contributed by atoms with Crippen molar-refractivity contribution in [1.82, 2.24) is 5.43 Å². The lowest BCUT2D eigenvalue weighted by molar-refractivity contribution is -0.136. The highest BCUT2D eigenvalue weighted by Gasteiger charge is 2.10. The van der Waals surface area contributed by atoms with Crippen LogP contribution < -0.4 is 10.2 Å². The smallest absolute Gasteiger partial charge is 0.303 e. The summed E-state index contributed by atoms with van der Waals surface area (Å²) in [5.41, 5.74) is 4.46. The molecule has 6 nitrogen and oxygen atoms in total. The predicted octanol–water partition coefficient (Wildman–Crippen LogP) is 4.33. The third kappa shape index (κ3) is 6.29. The zero-order chi connectivity index (χ0) is 20.5. The molecule has 3 aromatic rings. The fourth-order valence-corrected chi connectivity index (χ4v) is 3.27. The van der Waals surface area contributed by atoms with Gasteiger partial charge in [-0.25, -0.2) is 5.43 Å². The van der Waals surface area contributed by atoms with Gasteiger partial charge >= 0.3 is 5.97 Å². The molecule has 1 heterocycles. The molecule has 2 aromatic carbocycles. The van der Waals surface area contributed by atoms with Crippen molar-refractivity contribution in [2.75, 3.05) is 0 Å². The van der Waals surface area contributed by atoms with E-state index in [-0.39, 0.29) is 18.7 Å². The number of aliphatic carboxylic acids is 1. The van der Waals surface area contributed by atoms with E-state index in [2.05, 4.69) is 10.5 Å². The molecule has 0 aliphatic carbocycles. The van der Waals surface area contributed by atoms with Gasteiger partial charge in [-0.15, -0.1) is 11.3 Å². The number of para-hydroxylation sites is 1. The largest absolute Gasteiger partial charge is 0.489 e. The number of rotatable bonds is 9. The van der Waals surface area contributed by atoms with Crippen molar-refractivity contribution in [3.63, 3.8) is 0 Å². The Morgan fingerprint density at radius 3 is 2.38 bits per heavy atom. The van der Waals surface area contributed by atoms with Crippen LogP contribution in [0, 0.1) is 0 Å². The third-order valence-corrected chi connectivity index (χ3v) is 4.96. The number of carbonyl (C=O) groups excluding carboxylic acids is 1. The molecule has 0 spiro atoms. The molecule has 3 rings (SSSR count). The monoisotopic (exact) mass is 408 g/mol. The first-order chi connectivity index (χ1) is 14.1. The van der Waals surface area contributed by atoms with Gasteiger partial charge in [-0.05, 0) is 41.3 Å². The van der Waals surface area contributed by atoms with Crippen molar-refractivity contribution >= 4 is 28.9 Å². The van der Waals surface area contributed by atoms with E-state index >= 15 is 0 Å². The summed E-state index contributed by atoms with van der Waals surface area (Å²) >= 11 is 1.45. The molecule has 0 aliphatic rings. The summed E-state index contributed by atoms with van der Waals surface area (Å²) in [6.45, 7) is 0.405. The summed E-state index contributed by atoms with van der Waals surface area (Å²) < 4.78 is 5.69. The van der Waals surface area contributed by atoms with Crippen molar-refractivity contribution in [2.45, 2.75) is 19.4 Å². The molecular weight excluding hydrogens is 388 g/mol. The molecule has 0 radical (unpaired) electrons. The fraction of sp³-hybridized carbons (Fsp3) is 0.136. The number of amides is 1. The highest BCUT2D eigenvalue weighted by atomic mass is 32.1. The normalized spacial score (nSPS) is 11.1. The number of nitrogens with zero attached hydrogens (tertiary/aromatic N) is 1. The van der Waals surface area contributed by atoms with Crippen LogP contribution in [0.5, 0.6) is 5.75 Å². The molecule has 0 atom stereocenters. The molecule has 0 saturated carbocycles. The Labute approximate surface area is 172 Å². The molecule has 2 N–H and O–H groups in total. The lowest BCUT2D eigenvalue weighted by Crippen LogP contribution is -2.20. The highest BCUT2D eigenvalue weighted by Crippen LogP contribution is 2.14. The number of carbonyl (C=O) groups is 2. The van der Waals surface area contributed by atoms with Crippen LogP contribution in [0.2, 0.25) is 0 Å². The maximum Gasteiger partial charge on any atom is 0.303 e. The minimum atomic E-state index is -0.908. The second kappa shape index (κ2) is 10.2. The molecule has 7 heteroatoms. The quantitative estimate of drug-likeness (QED) is 0.408. The number of carboxylic acids is 1. The molecule has 0 saturated heterocycles. The van der Waals surface area contributed by atoms with Crippen LogP contribution >= 0.6 is 11.3 Å². The molecule has 0 aliphatic heterocycles. The third-order valence-electron chi connectivity index (χ3n) is 4.04. The molecule has 0 fully saturated rings. The number of ether oxygens (including phenoxy) is 1. The molecule has 148 valence electrons. The first kappa shape index (κ1) is 20.3. The summed E-state index contributed by atoms with van der Waals surface area (Å²) in [6.07, 6.45) is 0.189. The summed E-state index contributed by atoms with van der Waals surface area (Å²) in [5, 5.41) is 14.9. The Morgan fingerprint density at radius 2 is 1.72 bits per heavy atom. The Morgan fingerprint density at radius 1 is 0.966 bits per heavy atom. The van der Waals surface area contributed by atoms with Crippen LogP contribution in [-0.4, -0.2) is 22.7 Å². The highest BCUT2D eigenvalue weighted by molar-refractivity contribution is 7.12. The molecule has 0 unspecified atom stereocenters. The summed E-state index contributed by atoms with van der Waals surface area (Å²) in [7, 11) is 0. The Kier molecular flexibility index (Phi) is 7.13. The van der Waals surface area contributed by atoms with Crippen molar-refractivity contribution in [2.24, 2.45) is 5.10 Å². The zero-order valence-corrected chi connectivity index (χ0v) is 16.4. The lowest BCUT2D eigenvalue weighted by Gasteiger charge is -2.07. The number of benzene rings is 2. The van der Waals surface area contributed by atoms with Crippen LogP contribution in [0.3, 0.4) is 0 Å². The number of hydrazone groups is 1. The Balaban J connectivity index is 1.60. The fourth-order valence-electron chi connectivity index (χ4n) is 2.52. The van der Waals surface area contributed by atoms with Gasteiger partial charge in [0, 0.05) is 12.0 Å². The van der Waals surface area contributed by atoms with E-state index in [1.165, 1.54) is 11.3 Å². The van der Waals surface area contributed by atoms with Gasteiger partial charge < -0.3 is 9.84 Å². The van der Waals surface area contributed by atoms with Crippen LogP contribution in [0.25, 0.3) is 0 Å². The minimum Gasteiger partial charge on any atom is -0.489 e. The number of hydrogen-bond donors (Lipinski definition) is 2. The number of carboxylic acid groups (broad SMARTS) is 1. The summed E-state index contributed by atoms with van der Waals surface area (Å²) in [5.74, 6) is -0.482. The van der Waals surface area contributed by atoms with E-state index in [1.807, 2.05) is 60.0 Å². The SMILES string of the molecule is O=C(O)CCC(=NNC(=O)c1ccc(COc2ccccc2)cc1)c1cccs1. The average Bonchev–Trinajstić information content (AvgIpc) is 3.28. The van der Waals surface area contributed by atoms with E-state index in [0.717, 1.165) is 16.2 Å². The average molecular weight is 408 g/mol. The molecule has 0 bridgehead atoms. The molecule has 1 amide bonds. The van der Waals surface area contributed by atoms with E-state index < -0.39 is 5.97 Å². The molecular formula is C22H20N2O4S. The maximum absolute atomic E-state index is 12.4. The minimum absolute atomic E-state index is 0.0529. The maximum atomic E-state index is 12.4. The lowest BCUT2D eigenvalue weighted by atomic mass is 10.1.